The van der Waals surface area contributed by atoms with Crippen LogP contribution in [0.5, 0.6) is 0 Å². The summed E-state index contributed by atoms with van der Waals surface area (Å²) in [6, 6.07) is 7.79. The van der Waals surface area contributed by atoms with Crippen molar-refractivity contribution in [1.29, 1.82) is 0 Å². The molecule has 5 nitrogen and oxygen atoms in total. The molecular formula is C18H17F3N4O. The summed E-state index contributed by atoms with van der Waals surface area (Å²) in [7, 11) is 1.62. The number of aromatic nitrogens is 3. The van der Waals surface area contributed by atoms with Gasteiger partial charge in [-0.2, -0.15) is 13.2 Å². The second-order valence-electron chi connectivity index (χ2n) is 5.95. The van der Waals surface area contributed by atoms with Crippen molar-refractivity contribution in [3.05, 3.63) is 60.2 Å². The fraction of sp³-hybridized carbons (Fsp3) is 0.278. The van der Waals surface area contributed by atoms with Gasteiger partial charge in [-0.1, -0.05) is 0 Å². The number of amides is 1. The number of hydrogen-bond acceptors (Lipinski definition) is 3. The Balaban J connectivity index is 1.75. The van der Waals surface area contributed by atoms with E-state index in [0.717, 1.165) is 16.2 Å². The van der Waals surface area contributed by atoms with Gasteiger partial charge in [0.2, 0.25) is 5.91 Å². The average molecular weight is 362 g/mol. The standard InChI is InChI=1S/C18H17F3N4O/c1-24(12-13-4-8-22-9-5-13)16(26)6-10-25-15(18(19,20)21)11-14-3-2-7-23-17(14)25/h2-5,7-9,11H,6,10,12H2,1H3. The highest BCUT2D eigenvalue weighted by atomic mass is 19.4. The van der Waals surface area contributed by atoms with E-state index < -0.39 is 11.9 Å². The highest BCUT2D eigenvalue weighted by Crippen LogP contribution is 2.33. The van der Waals surface area contributed by atoms with Gasteiger partial charge in [-0.05, 0) is 35.9 Å². The van der Waals surface area contributed by atoms with E-state index in [9.17, 15) is 18.0 Å². The number of halogens is 3. The first-order valence-corrected chi connectivity index (χ1v) is 8.00. The third-order valence-electron chi connectivity index (χ3n) is 4.09. The van der Waals surface area contributed by atoms with Crippen molar-refractivity contribution >= 4 is 16.9 Å². The maximum Gasteiger partial charge on any atom is 0.431 e. The third-order valence-corrected chi connectivity index (χ3v) is 4.09. The molecule has 0 atom stereocenters. The van der Waals surface area contributed by atoms with E-state index in [2.05, 4.69) is 9.97 Å². The highest BCUT2D eigenvalue weighted by molar-refractivity contribution is 5.79. The number of fused-ring (bicyclic) bond motifs is 1. The van der Waals surface area contributed by atoms with Crippen molar-refractivity contribution in [2.24, 2.45) is 0 Å². The average Bonchev–Trinajstić information content (AvgIpc) is 2.99. The van der Waals surface area contributed by atoms with Crippen molar-refractivity contribution in [3.8, 4) is 0 Å². The zero-order chi connectivity index (χ0) is 18.7. The topological polar surface area (TPSA) is 51.0 Å². The molecule has 0 saturated carbocycles. The van der Waals surface area contributed by atoms with Gasteiger partial charge in [0.05, 0.1) is 0 Å². The van der Waals surface area contributed by atoms with Crippen LogP contribution >= 0.6 is 0 Å². The first kappa shape index (κ1) is 17.9. The number of carbonyl (C=O) groups excluding carboxylic acids is 1. The van der Waals surface area contributed by atoms with Crippen LogP contribution in [0.2, 0.25) is 0 Å². The van der Waals surface area contributed by atoms with Gasteiger partial charge in [0.25, 0.3) is 0 Å². The molecule has 0 radical (unpaired) electrons. The second kappa shape index (κ2) is 7.15. The largest absolute Gasteiger partial charge is 0.431 e. The number of hydrogen-bond donors (Lipinski definition) is 0. The van der Waals surface area contributed by atoms with Crippen LogP contribution < -0.4 is 0 Å². The lowest BCUT2D eigenvalue weighted by Crippen LogP contribution is -2.27. The number of rotatable bonds is 5. The molecule has 0 unspecified atom stereocenters. The van der Waals surface area contributed by atoms with Gasteiger partial charge in [-0.25, -0.2) is 4.98 Å². The zero-order valence-corrected chi connectivity index (χ0v) is 14.1. The normalized spacial score (nSPS) is 11.7. The Morgan fingerprint density at radius 2 is 1.92 bits per heavy atom. The quantitative estimate of drug-likeness (QED) is 0.698. The number of carbonyl (C=O) groups is 1. The van der Waals surface area contributed by atoms with E-state index in [1.807, 2.05) is 0 Å². The van der Waals surface area contributed by atoms with Crippen LogP contribution in [0, 0.1) is 0 Å². The molecule has 8 heteroatoms. The number of pyridine rings is 2. The zero-order valence-electron chi connectivity index (χ0n) is 14.1. The number of nitrogens with zero attached hydrogens (tertiary/aromatic N) is 4. The smallest absolute Gasteiger partial charge is 0.341 e. The summed E-state index contributed by atoms with van der Waals surface area (Å²) in [5.74, 6) is -0.243. The molecule has 0 aliphatic rings. The van der Waals surface area contributed by atoms with Crippen molar-refractivity contribution < 1.29 is 18.0 Å². The Bertz CT molecular complexity index is 906. The molecule has 0 bridgehead atoms. The predicted octanol–water partition coefficient (Wildman–Crippen LogP) is 3.50. The fourth-order valence-corrected chi connectivity index (χ4v) is 2.80. The molecule has 3 aromatic rings. The van der Waals surface area contributed by atoms with Crippen LogP contribution in [0.4, 0.5) is 13.2 Å². The van der Waals surface area contributed by atoms with Crippen molar-refractivity contribution in [2.75, 3.05) is 7.05 Å². The number of alkyl halides is 3. The van der Waals surface area contributed by atoms with Crippen molar-refractivity contribution in [2.45, 2.75) is 25.7 Å². The van der Waals surface area contributed by atoms with E-state index >= 15 is 0 Å². The Hall–Kier alpha value is -2.90. The molecule has 0 aliphatic heterocycles. The van der Waals surface area contributed by atoms with Crippen molar-refractivity contribution in [1.82, 2.24) is 19.4 Å². The van der Waals surface area contributed by atoms with Crippen LogP contribution in [-0.4, -0.2) is 32.4 Å². The lowest BCUT2D eigenvalue weighted by molar-refractivity contribution is -0.144. The molecule has 0 saturated heterocycles. The summed E-state index contributed by atoms with van der Waals surface area (Å²) in [6.07, 6.45) is 0.135. The lowest BCUT2D eigenvalue weighted by atomic mass is 10.2. The van der Waals surface area contributed by atoms with Gasteiger partial charge in [0.1, 0.15) is 11.3 Å². The maximum atomic E-state index is 13.3. The Morgan fingerprint density at radius 1 is 1.19 bits per heavy atom. The SMILES string of the molecule is CN(Cc1ccncc1)C(=O)CCn1c(C(F)(F)F)cc2cccnc21. The van der Waals surface area contributed by atoms with Crippen LogP contribution in [0.3, 0.4) is 0 Å². The van der Waals surface area contributed by atoms with E-state index in [4.69, 9.17) is 0 Å². The first-order chi connectivity index (χ1) is 12.4. The lowest BCUT2D eigenvalue weighted by Gasteiger charge is -2.18. The van der Waals surface area contributed by atoms with Gasteiger partial charge in [-0.15, -0.1) is 0 Å². The summed E-state index contributed by atoms with van der Waals surface area (Å²) in [4.78, 5) is 21.8. The fourth-order valence-electron chi connectivity index (χ4n) is 2.80. The van der Waals surface area contributed by atoms with E-state index in [1.54, 1.807) is 43.7 Å². The van der Waals surface area contributed by atoms with E-state index in [1.165, 1.54) is 11.1 Å². The van der Waals surface area contributed by atoms with Crippen LogP contribution in [0.25, 0.3) is 11.0 Å². The molecule has 0 aliphatic carbocycles. The molecule has 3 aromatic heterocycles. The minimum atomic E-state index is -4.51. The molecule has 0 aromatic carbocycles. The third kappa shape index (κ3) is 3.84. The van der Waals surface area contributed by atoms with Gasteiger partial charge in [0.15, 0.2) is 0 Å². The minimum Gasteiger partial charge on any atom is -0.341 e. The summed E-state index contributed by atoms with van der Waals surface area (Å²) in [5, 5.41) is 0.400. The second-order valence-corrected chi connectivity index (χ2v) is 5.95. The molecule has 0 fully saturated rings. The minimum absolute atomic E-state index is 0.0506. The van der Waals surface area contributed by atoms with Crippen LogP contribution in [0.1, 0.15) is 17.7 Å². The monoisotopic (exact) mass is 362 g/mol. The highest BCUT2D eigenvalue weighted by Gasteiger charge is 2.35. The van der Waals surface area contributed by atoms with E-state index in [-0.39, 0.29) is 24.5 Å². The van der Waals surface area contributed by atoms with Crippen LogP contribution in [0.15, 0.2) is 48.9 Å². The molecular weight excluding hydrogens is 345 g/mol. The Kier molecular flexibility index (Phi) is 4.92. The van der Waals surface area contributed by atoms with Gasteiger partial charge in [0, 0.05) is 50.5 Å². The molecule has 0 spiro atoms. The Morgan fingerprint density at radius 3 is 2.62 bits per heavy atom. The maximum absolute atomic E-state index is 13.3. The Labute approximate surface area is 148 Å². The summed E-state index contributed by atoms with van der Waals surface area (Å²) in [6.45, 7) is 0.285. The first-order valence-electron chi connectivity index (χ1n) is 8.00. The molecule has 0 N–H and O–H groups in total. The van der Waals surface area contributed by atoms with E-state index in [0.29, 0.717) is 11.9 Å². The van der Waals surface area contributed by atoms with Crippen LogP contribution in [-0.2, 0) is 24.1 Å². The van der Waals surface area contributed by atoms with Gasteiger partial charge in [-0.3, -0.25) is 9.78 Å². The molecule has 1 amide bonds. The summed E-state index contributed by atoms with van der Waals surface area (Å²) >= 11 is 0. The molecule has 3 rings (SSSR count). The summed E-state index contributed by atoms with van der Waals surface area (Å²) < 4.78 is 41.0. The van der Waals surface area contributed by atoms with Gasteiger partial charge >= 0.3 is 6.18 Å². The number of aryl methyl sites for hydroxylation is 1. The van der Waals surface area contributed by atoms with Gasteiger partial charge < -0.3 is 9.47 Å². The summed E-state index contributed by atoms with van der Waals surface area (Å²) in [5.41, 5.74) is 0.333. The molecule has 136 valence electrons. The van der Waals surface area contributed by atoms with Crippen molar-refractivity contribution in [3.63, 3.8) is 0 Å². The molecule has 26 heavy (non-hydrogen) atoms. The molecule has 3 heterocycles. The predicted molar refractivity (Wildman–Crippen MR) is 90.1 cm³/mol.